The van der Waals surface area contributed by atoms with Crippen molar-refractivity contribution in [3.8, 4) is 0 Å². The first-order chi connectivity index (χ1) is 13.1. The van der Waals surface area contributed by atoms with Crippen molar-refractivity contribution in [3.05, 3.63) is 46.2 Å². The van der Waals surface area contributed by atoms with Gasteiger partial charge in [-0.25, -0.2) is 4.79 Å². The van der Waals surface area contributed by atoms with E-state index in [0.29, 0.717) is 22.0 Å². The van der Waals surface area contributed by atoms with Crippen LogP contribution in [0.25, 0.3) is 0 Å². The molecule has 0 saturated carbocycles. The van der Waals surface area contributed by atoms with Crippen molar-refractivity contribution in [1.29, 1.82) is 0 Å². The number of carbonyl (C=O) groups excluding carboxylic acids is 3. The summed E-state index contributed by atoms with van der Waals surface area (Å²) in [6.45, 7) is 6.53. The highest BCUT2D eigenvalue weighted by atomic mass is 35.5. The van der Waals surface area contributed by atoms with Gasteiger partial charge in [0.1, 0.15) is 6.04 Å². The molecule has 0 aliphatic carbocycles. The Morgan fingerprint density at radius 1 is 1.14 bits per heavy atom. The van der Waals surface area contributed by atoms with Crippen LogP contribution >= 0.6 is 11.6 Å². The monoisotopic (exact) mass is 406 g/mol. The summed E-state index contributed by atoms with van der Waals surface area (Å²) in [4.78, 5) is 36.7. The number of esters is 1. The first kappa shape index (κ1) is 21.4. The molecular formula is C19H23ClN4O4. The fraction of sp³-hybridized carbons (Fsp3) is 0.368. The van der Waals surface area contributed by atoms with Crippen LogP contribution in [0.1, 0.15) is 35.6 Å². The average molecular weight is 407 g/mol. The molecule has 1 aromatic heterocycles. The van der Waals surface area contributed by atoms with E-state index in [1.807, 2.05) is 6.92 Å². The molecule has 0 spiro atoms. The Kier molecular flexibility index (Phi) is 6.80. The molecule has 0 unspecified atom stereocenters. The molecule has 9 heteroatoms. The summed E-state index contributed by atoms with van der Waals surface area (Å²) in [5, 5.41) is 9.97. The molecule has 150 valence electrons. The summed E-state index contributed by atoms with van der Waals surface area (Å²) in [5.74, 6) is -1.65. The molecule has 0 fully saturated rings. The van der Waals surface area contributed by atoms with E-state index in [2.05, 4.69) is 15.7 Å². The molecule has 2 rings (SSSR count). The molecular weight excluding hydrogens is 384 g/mol. The predicted octanol–water partition coefficient (Wildman–Crippen LogP) is 2.38. The van der Waals surface area contributed by atoms with Gasteiger partial charge in [0, 0.05) is 17.6 Å². The van der Waals surface area contributed by atoms with Gasteiger partial charge in [-0.05, 0) is 52.0 Å². The molecule has 0 radical (unpaired) electrons. The van der Waals surface area contributed by atoms with Crippen molar-refractivity contribution in [3.63, 3.8) is 0 Å². The highest BCUT2D eigenvalue weighted by Crippen LogP contribution is 2.18. The smallest absolute Gasteiger partial charge is 0.329 e. The van der Waals surface area contributed by atoms with Gasteiger partial charge < -0.3 is 15.4 Å². The summed E-state index contributed by atoms with van der Waals surface area (Å²) in [6.07, 6.45) is -1.04. The number of benzene rings is 1. The van der Waals surface area contributed by atoms with Gasteiger partial charge in [0.25, 0.3) is 11.8 Å². The minimum absolute atomic E-state index is 0.359. The minimum atomic E-state index is -1.04. The zero-order valence-electron chi connectivity index (χ0n) is 16.4. The number of nitrogens with one attached hydrogen (secondary N) is 2. The Morgan fingerprint density at radius 3 is 2.29 bits per heavy atom. The first-order valence-electron chi connectivity index (χ1n) is 8.68. The van der Waals surface area contributed by atoms with Gasteiger partial charge in [0.15, 0.2) is 6.10 Å². The maximum Gasteiger partial charge on any atom is 0.329 e. The number of halogens is 1. The van der Waals surface area contributed by atoms with E-state index < -0.39 is 29.9 Å². The fourth-order valence-corrected chi connectivity index (χ4v) is 2.58. The van der Waals surface area contributed by atoms with E-state index in [1.54, 1.807) is 42.9 Å². The maximum absolute atomic E-state index is 12.3. The summed E-state index contributed by atoms with van der Waals surface area (Å²) in [7, 11) is 1.77. The number of nitrogens with zero attached hydrogens (tertiary/aromatic N) is 2. The SMILES string of the molecule is Cc1nn(C)c(C)c1NC(=O)[C@H](C)OC(=O)[C@H](C)NC(=O)c1ccc(Cl)cc1. The van der Waals surface area contributed by atoms with Crippen LogP contribution < -0.4 is 10.6 Å². The molecule has 2 atom stereocenters. The van der Waals surface area contributed by atoms with E-state index in [1.165, 1.54) is 13.8 Å². The molecule has 0 aliphatic heterocycles. The first-order valence-corrected chi connectivity index (χ1v) is 9.06. The number of carbonyl (C=O) groups is 3. The van der Waals surface area contributed by atoms with Crippen molar-refractivity contribution in [2.75, 3.05) is 5.32 Å². The van der Waals surface area contributed by atoms with Crippen LogP contribution in [0.4, 0.5) is 5.69 Å². The van der Waals surface area contributed by atoms with Crippen LogP contribution in [0, 0.1) is 13.8 Å². The van der Waals surface area contributed by atoms with Crippen LogP contribution in [0.15, 0.2) is 24.3 Å². The molecule has 2 amide bonds. The van der Waals surface area contributed by atoms with Gasteiger partial charge in [0.05, 0.1) is 17.1 Å². The van der Waals surface area contributed by atoms with Gasteiger partial charge in [-0.2, -0.15) is 5.10 Å². The Bertz CT molecular complexity index is 892. The summed E-state index contributed by atoms with van der Waals surface area (Å²) in [6, 6.07) is 5.32. The van der Waals surface area contributed by atoms with E-state index in [0.717, 1.165) is 5.69 Å². The van der Waals surface area contributed by atoms with Crippen molar-refractivity contribution in [2.45, 2.75) is 39.8 Å². The second kappa shape index (κ2) is 8.88. The van der Waals surface area contributed by atoms with Crippen molar-refractivity contribution in [2.24, 2.45) is 7.05 Å². The zero-order chi connectivity index (χ0) is 21.0. The quantitative estimate of drug-likeness (QED) is 0.717. The minimum Gasteiger partial charge on any atom is -0.451 e. The number of rotatable bonds is 6. The number of aromatic nitrogens is 2. The van der Waals surface area contributed by atoms with Gasteiger partial charge in [-0.3, -0.25) is 14.3 Å². The van der Waals surface area contributed by atoms with Crippen molar-refractivity contribution < 1.29 is 19.1 Å². The molecule has 0 aliphatic rings. The number of aryl methyl sites for hydroxylation is 2. The molecule has 2 N–H and O–H groups in total. The number of ether oxygens (including phenoxy) is 1. The lowest BCUT2D eigenvalue weighted by molar-refractivity contribution is -0.154. The molecule has 2 aromatic rings. The third-order valence-corrected chi connectivity index (χ3v) is 4.48. The maximum atomic E-state index is 12.3. The highest BCUT2D eigenvalue weighted by Gasteiger charge is 2.24. The molecule has 8 nitrogen and oxygen atoms in total. The Hall–Kier alpha value is -2.87. The van der Waals surface area contributed by atoms with Crippen LogP contribution in [0.5, 0.6) is 0 Å². The molecule has 28 heavy (non-hydrogen) atoms. The Morgan fingerprint density at radius 2 is 1.75 bits per heavy atom. The standard InChI is InChI=1S/C19H23ClN4O4/c1-10-16(12(3)24(5)23-10)22-17(25)13(4)28-19(27)11(2)21-18(26)14-6-8-15(20)9-7-14/h6-9,11,13H,1-5H3,(H,21,26)(H,22,25)/t11-,13-/m0/s1. The van der Waals surface area contributed by atoms with Crippen LogP contribution in [-0.2, 0) is 21.4 Å². The second-order valence-electron chi connectivity index (χ2n) is 6.44. The van der Waals surface area contributed by atoms with Gasteiger partial charge in [-0.1, -0.05) is 11.6 Å². The number of hydrogen-bond acceptors (Lipinski definition) is 5. The van der Waals surface area contributed by atoms with E-state index in [4.69, 9.17) is 16.3 Å². The third kappa shape index (κ3) is 5.10. The number of anilines is 1. The van der Waals surface area contributed by atoms with Crippen molar-refractivity contribution in [1.82, 2.24) is 15.1 Å². The number of amides is 2. The van der Waals surface area contributed by atoms with Gasteiger partial charge >= 0.3 is 5.97 Å². The summed E-state index contributed by atoms with van der Waals surface area (Å²) >= 11 is 5.79. The van der Waals surface area contributed by atoms with Crippen LogP contribution in [0.2, 0.25) is 5.02 Å². The molecule has 0 bridgehead atoms. The normalized spacial score (nSPS) is 12.8. The Labute approximate surface area is 168 Å². The lowest BCUT2D eigenvalue weighted by atomic mass is 10.2. The number of hydrogen-bond donors (Lipinski definition) is 2. The van der Waals surface area contributed by atoms with E-state index >= 15 is 0 Å². The summed E-state index contributed by atoms with van der Waals surface area (Å²) in [5.41, 5.74) is 2.39. The Balaban J connectivity index is 1.92. The van der Waals surface area contributed by atoms with Gasteiger partial charge in [0.2, 0.25) is 0 Å². The molecule has 1 heterocycles. The largest absolute Gasteiger partial charge is 0.451 e. The highest BCUT2D eigenvalue weighted by molar-refractivity contribution is 6.30. The van der Waals surface area contributed by atoms with E-state index in [9.17, 15) is 14.4 Å². The molecule has 0 saturated heterocycles. The average Bonchev–Trinajstić information content (AvgIpc) is 2.88. The van der Waals surface area contributed by atoms with Gasteiger partial charge in [-0.15, -0.1) is 0 Å². The molecule has 1 aromatic carbocycles. The van der Waals surface area contributed by atoms with Crippen molar-refractivity contribution >= 4 is 35.1 Å². The lowest BCUT2D eigenvalue weighted by Crippen LogP contribution is -2.42. The zero-order valence-corrected chi connectivity index (χ0v) is 17.1. The second-order valence-corrected chi connectivity index (χ2v) is 6.88. The fourth-order valence-electron chi connectivity index (χ4n) is 2.45. The third-order valence-electron chi connectivity index (χ3n) is 4.23. The van der Waals surface area contributed by atoms with E-state index in [-0.39, 0.29) is 0 Å². The van der Waals surface area contributed by atoms with Crippen LogP contribution in [0.3, 0.4) is 0 Å². The summed E-state index contributed by atoms with van der Waals surface area (Å²) < 4.78 is 6.82. The van der Waals surface area contributed by atoms with Crippen LogP contribution in [-0.4, -0.2) is 39.7 Å². The lowest BCUT2D eigenvalue weighted by Gasteiger charge is -2.17. The topological polar surface area (TPSA) is 102 Å². The predicted molar refractivity (Wildman–Crippen MR) is 105 cm³/mol.